The van der Waals surface area contributed by atoms with E-state index in [1.807, 2.05) is 50.2 Å². The average molecular weight is 392 g/mol. The topological polar surface area (TPSA) is 85.4 Å². The van der Waals surface area contributed by atoms with Crippen LogP contribution < -0.4 is 20.1 Å². The van der Waals surface area contributed by atoms with Crippen LogP contribution in [0.15, 0.2) is 48.8 Å². The number of carbonyl (C=O) groups excluding carboxylic acids is 1. The quantitative estimate of drug-likeness (QED) is 0.633. The highest BCUT2D eigenvalue weighted by molar-refractivity contribution is 6.04. The molecular formula is C22H24N4O3. The molecule has 7 nitrogen and oxygen atoms in total. The van der Waals surface area contributed by atoms with Gasteiger partial charge in [0.2, 0.25) is 0 Å². The first kappa shape index (κ1) is 20.1. The summed E-state index contributed by atoms with van der Waals surface area (Å²) in [5.74, 6) is 1.60. The molecule has 29 heavy (non-hydrogen) atoms. The number of amides is 1. The highest BCUT2D eigenvalue weighted by atomic mass is 16.5. The first-order chi connectivity index (χ1) is 14.0. The molecule has 0 spiro atoms. The molecule has 150 valence electrons. The third-order valence-electron chi connectivity index (χ3n) is 4.54. The van der Waals surface area contributed by atoms with E-state index < -0.39 is 0 Å². The molecule has 0 aliphatic rings. The van der Waals surface area contributed by atoms with E-state index in [0.717, 1.165) is 22.4 Å². The number of aromatic nitrogens is 2. The van der Waals surface area contributed by atoms with Crippen molar-refractivity contribution in [3.63, 3.8) is 0 Å². The zero-order valence-corrected chi connectivity index (χ0v) is 16.9. The van der Waals surface area contributed by atoms with Gasteiger partial charge in [-0.25, -0.2) is 9.97 Å². The summed E-state index contributed by atoms with van der Waals surface area (Å²) in [5.41, 5.74) is 4.08. The van der Waals surface area contributed by atoms with Gasteiger partial charge >= 0.3 is 0 Å². The molecule has 1 amide bonds. The van der Waals surface area contributed by atoms with Crippen LogP contribution in [0.1, 0.15) is 27.2 Å². The minimum Gasteiger partial charge on any atom is -0.493 e. The largest absolute Gasteiger partial charge is 0.493 e. The van der Waals surface area contributed by atoms with Gasteiger partial charge in [0.05, 0.1) is 14.2 Å². The summed E-state index contributed by atoms with van der Waals surface area (Å²) in [6, 6.07) is 13.2. The second-order valence-electron chi connectivity index (χ2n) is 6.55. The monoisotopic (exact) mass is 392 g/mol. The fourth-order valence-electron chi connectivity index (χ4n) is 2.95. The molecule has 0 atom stereocenters. The second kappa shape index (κ2) is 9.05. The number of ether oxygens (including phenoxy) is 2. The Labute approximate surface area is 170 Å². The summed E-state index contributed by atoms with van der Waals surface area (Å²) in [5, 5.41) is 6.14. The van der Waals surface area contributed by atoms with E-state index in [-0.39, 0.29) is 11.6 Å². The molecule has 0 saturated carbocycles. The van der Waals surface area contributed by atoms with Crippen molar-refractivity contribution in [1.82, 2.24) is 9.97 Å². The molecule has 0 saturated heterocycles. The standard InChI is InChI=1S/C22H24N4O3/c1-14-6-5-7-15(2)21(14)26-22(27)17-11-20(25-13-24-17)23-12-16-8-9-18(28-3)19(10-16)29-4/h5-11,13H,12H2,1-4H3,(H,26,27)(H,23,24,25). The Balaban J connectivity index is 1.70. The number of carbonyl (C=O) groups is 1. The Morgan fingerprint density at radius 1 is 0.966 bits per heavy atom. The lowest BCUT2D eigenvalue weighted by molar-refractivity contribution is 0.102. The van der Waals surface area contributed by atoms with E-state index in [1.54, 1.807) is 20.3 Å². The molecule has 0 bridgehead atoms. The fourth-order valence-corrected chi connectivity index (χ4v) is 2.95. The van der Waals surface area contributed by atoms with Gasteiger partial charge in [0.1, 0.15) is 17.8 Å². The predicted octanol–water partition coefficient (Wildman–Crippen LogP) is 3.98. The molecule has 0 aliphatic heterocycles. The predicted molar refractivity (Wildman–Crippen MR) is 113 cm³/mol. The lowest BCUT2D eigenvalue weighted by Gasteiger charge is -2.12. The molecule has 2 aromatic carbocycles. The lowest BCUT2D eigenvalue weighted by atomic mass is 10.1. The van der Waals surface area contributed by atoms with E-state index in [9.17, 15) is 4.79 Å². The number of hydrogen-bond donors (Lipinski definition) is 2. The molecule has 0 aliphatic carbocycles. The van der Waals surface area contributed by atoms with E-state index in [0.29, 0.717) is 23.9 Å². The number of methoxy groups -OCH3 is 2. The Morgan fingerprint density at radius 3 is 2.38 bits per heavy atom. The van der Waals surface area contributed by atoms with Crippen molar-refractivity contribution in [3.8, 4) is 11.5 Å². The minimum absolute atomic E-state index is 0.279. The molecule has 0 fully saturated rings. The Hall–Kier alpha value is -3.61. The smallest absolute Gasteiger partial charge is 0.274 e. The Kier molecular flexibility index (Phi) is 6.29. The summed E-state index contributed by atoms with van der Waals surface area (Å²) in [6.07, 6.45) is 1.37. The SMILES string of the molecule is COc1ccc(CNc2cc(C(=O)Nc3c(C)cccc3C)ncn2)cc1OC. The summed E-state index contributed by atoms with van der Waals surface area (Å²) in [7, 11) is 3.20. The van der Waals surface area contributed by atoms with Gasteiger partial charge in [-0.05, 0) is 42.7 Å². The van der Waals surface area contributed by atoms with Gasteiger partial charge in [-0.3, -0.25) is 4.79 Å². The first-order valence-electron chi connectivity index (χ1n) is 9.16. The number of rotatable bonds is 7. The molecule has 0 radical (unpaired) electrons. The van der Waals surface area contributed by atoms with Gasteiger partial charge in [-0.2, -0.15) is 0 Å². The van der Waals surface area contributed by atoms with Gasteiger partial charge in [-0.1, -0.05) is 24.3 Å². The number of nitrogens with zero attached hydrogens (tertiary/aromatic N) is 2. The van der Waals surface area contributed by atoms with Crippen LogP contribution in [0.3, 0.4) is 0 Å². The van der Waals surface area contributed by atoms with Crippen LogP contribution >= 0.6 is 0 Å². The van der Waals surface area contributed by atoms with E-state index in [2.05, 4.69) is 20.6 Å². The van der Waals surface area contributed by atoms with E-state index >= 15 is 0 Å². The van der Waals surface area contributed by atoms with Crippen molar-refractivity contribution in [1.29, 1.82) is 0 Å². The Bertz CT molecular complexity index is 1000. The number of hydrogen-bond acceptors (Lipinski definition) is 6. The maximum Gasteiger partial charge on any atom is 0.274 e. The molecule has 0 unspecified atom stereocenters. The molecule has 1 heterocycles. The number of para-hydroxylation sites is 1. The van der Waals surface area contributed by atoms with Gasteiger partial charge < -0.3 is 20.1 Å². The van der Waals surface area contributed by atoms with Crippen molar-refractivity contribution in [2.45, 2.75) is 20.4 Å². The van der Waals surface area contributed by atoms with Gasteiger partial charge in [-0.15, -0.1) is 0 Å². The highest BCUT2D eigenvalue weighted by Gasteiger charge is 2.12. The van der Waals surface area contributed by atoms with Crippen LogP contribution in [0.5, 0.6) is 11.5 Å². The van der Waals surface area contributed by atoms with Crippen molar-refractivity contribution in [2.24, 2.45) is 0 Å². The maximum atomic E-state index is 12.6. The average Bonchev–Trinajstić information content (AvgIpc) is 2.74. The van der Waals surface area contributed by atoms with Crippen LogP contribution in [0.4, 0.5) is 11.5 Å². The normalized spacial score (nSPS) is 10.3. The number of aryl methyl sites for hydroxylation is 2. The second-order valence-corrected chi connectivity index (χ2v) is 6.55. The zero-order chi connectivity index (χ0) is 20.8. The minimum atomic E-state index is -0.279. The van der Waals surface area contributed by atoms with Crippen molar-refractivity contribution >= 4 is 17.4 Å². The third kappa shape index (κ3) is 4.82. The van der Waals surface area contributed by atoms with E-state index in [4.69, 9.17) is 9.47 Å². The van der Waals surface area contributed by atoms with Gasteiger partial charge in [0, 0.05) is 18.3 Å². The summed E-state index contributed by atoms with van der Waals surface area (Å²) in [6.45, 7) is 4.42. The van der Waals surface area contributed by atoms with E-state index in [1.165, 1.54) is 6.33 Å². The van der Waals surface area contributed by atoms with Crippen molar-refractivity contribution in [2.75, 3.05) is 24.9 Å². The summed E-state index contributed by atoms with van der Waals surface area (Å²) >= 11 is 0. The van der Waals surface area contributed by atoms with Crippen LogP contribution in [0.2, 0.25) is 0 Å². The summed E-state index contributed by atoms with van der Waals surface area (Å²) < 4.78 is 10.6. The van der Waals surface area contributed by atoms with Crippen LogP contribution in [-0.2, 0) is 6.54 Å². The van der Waals surface area contributed by atoms with Crippen LogP contribution in [0, 0.1) is 13.8 Å². The Morgan fingerprint density at radius 2 is 1.69 bits per heavy atom. The van der Waals surface area contributed by atoms with Crippen LogP contribution in [0.25, 0.3) is 0 Å². The first-order valence-corrected chi connectivity index (χ1v) is 9.16. The molecule has 3 rings (SSSR count). The molecule has 7 heteroatoms. The molecule has 2 N–H and O–H groups in total. The maximum absolute atomic E-state index is 12.6. The highest BCUT2D eigenvalue weighted by Crippen LogP contribution is 2.27. The van der Waals surface area contributed by atoms with Crippen molar-refractivity contribution in [3.05, 3.63) is 71.2 Å². The number of benzene rings is 2. The lowest BCUT2D eigenvalue weighted by Crippen LogP contribution is -2.16. The number of nitrogens with one attached hydrogen (secondary N) is 2. The van der Waals surface area contributed by atoms with Crippen LogP contribution in [-0.4, -0.2) is 30.1 Å². The third-order valence-corrected chi connectivity index (χ3v) is 4.54. The van der Waals surface area contributed by atoms with Crippen molar-refractivity contribution < 1.29 is 14.3 Å². The summed E-state index contributed by atoms with van der Waals surface area (Å²) in [4.78, 5) is 20.9. The molecular weight excluding hydrogens is 368 g/mol. The zero-order valence-electron chi connectivity index (χ0n) is 16.9. The number of anilines is 2. The molecule has 1 aromatic heterocycles. The molecule has 3 aromatic rings. The van der Waals surface area contributed by atoms with Gasteiger partial charge in [0.25, 0.3) is 5.91 Å². The fraction of sp³-hybridized carbons (Fsp3) is 0.227. The van der Waals surface area contributed by atoms with Gasteiger partial charge in [0.15, 0.2) is 11.5 Å².